The van der Waals surface area contributed by atoms with Crippen LogP contribution >= 0.6 is 0 Å². The summed E-state index contributed by atoms with van der Waals surface area (Å²) in [5, 5.41) is 0. The first-order valence-corrected chi connectivity index (χ1v) is 13.0. The fourth-order valence-electron chi connectivity index (χ4n) is 4.89. The maximum atomic E-state index is 12.8. The quantitative estimate of drug-likeness (QED) is 0.350. The number of Topliss-reactive ketones (excluding diaryl/α,β-unsaturated/α-hetero) is 4. The number of benzene rings is 1. The van der Waals surface area contributed by atoms with Crippen molar-refractivity contribution in [1.29, 1.82) is 0 Å². The van der Waals surface area contributed by atoms with Crippen LogP contribution in [-0.4, -0.2) is 23.1 Å². The summed E-state index contributed by atoms with van der Waals surface area (Å²) in [6, 6.07) is 4.15. The number of hydrogen-bond donors (Lipinski definition) is 0. The molecule has 0 aliphatic heterocycles. The predicted octanol–water partition coefficient (Wildman–Crippen LogP) is 7.44. The lowest BCUT2D eigenvalue weighted by Crippen LogP contribution is -2.30. The van der Waals surface area contributed by atoms with Gasteiger partial charge in [-0.3, -0.25) is 14.4 Å². The standard InChI is InChI=1S/C24H34O3.C3H6O.C3H8/c1-6-8-19(20(7-2)22(26)11-17(5)25)12-18-13-21-15(3)9-10-16(4)24(21)23(27)14-18;1-3(2)4;1-3-2/h9-10,18-20H,6-8,11-14H2,1-5H3;1-2H3;3H2,1-2H3. The zero-order valence-corrected chi connectivity index (χ0v) is 23.2. The summed E-state index contributed by atoms with van der Waals surface area (Å²) in [5.74, 6) is 0.932. The van der Waals surface area contributed by atoms with Gasteiger partial charge in [-0.15, -0.1) is 0 Å². The van der Waals surface area contributed by atoms with Crippen LogP contribution in [0, 0.1) is 31.6 Å². The average Bonchev–Trinajstić information content (AvgIpc) is 2.71. The third-order valence-electron chi connectivity index (χ3n) is 6.14. The number of carbonyl (C=O) groups is 4. The molecular weight excluding hydrogens is 424 g/mol. The van der Waals surface area contributed by atoms with Crippen LogP contribution in [-0.2, 0) is 20.8 Å². The molecule has 1 aromatic rings. The Kier molecular flexibility index (Phi) is 15.5. The first-order chi connectivity index (χ1) is 15.9. The largest absolute Gasteiger partial charge is 0.300 e. The van der Waals surface area contributed by atoms with E-state index in [2.05, 4.69) is 33.8 Å². The summed E-state index contributed by atoms with van der Waals surface area (Å²) in [4.78, 5) is 46.3. The number of carbonyl (C=O) groups excluding carboxylic acids is 4. The van der Waals surface area contributed by atoms with Crippen LogP contribution in [0.5, 0.6) is 0 Å². The summed E-state index contributed by atoms with van der Waals surface area (Å²) in [6.45, 7) is 17.1. The minimum absolute atomic E-state index is 0.0451. The van der Waals surface area contributed by atoms with E-state index in [0.717, 1.165) is 43.2 Å². The minimum Gasteiger partial charge on any atom is -0.300 e. The molecule has 1 aliphatic carbocycles. The van der Waals surface area contributed by atoms with Gasteiger partial charge in [-0.2, -0.15) is 0 Å². The SMILES string of the molecule is CC(C)=O.CCC.CCCC(CC1CC(=O)c2c(C)ccc(C)c2C1)C(CC)C(=O)CC(C)=O. The lowest BCUT2D eigenvalue weighted by atomic mass is 9.71. The molecule has 3 unspecified atom stereocenters. The van der Waals surface area contributed by atoms with Gasteiger partial charge >= 0.3 is 0 Å². The molecule has 192 valence electrons. The molecule has 1 aliphatic rings. The van der Waals surface area contributed by atoms with Crippen LogP contribution in [0.25, 0.3) is 0 Å². The van der Waals surface area contributed by atoms with Crippen LogP contribution in [0.4, 0.5) is 0 Å². The molecule has 0 aromatic heterocycles. The van der Waals surface area contributed by atoms with E-state index in [9.17, 15) is 19.2 Å². The molecule has 0 N–H and O–H groups in total. The van der Waals surface area contributed by atoms with Crippen LogP contribution < -0.4 is 0 Å². The van der Waals surface area contributed by atoms with Crippen LogP contribution in [0.15, 0.2) is 12.1 Å². The molecule has 0 bridgehead atoms. The van der Waals surface area contributed by atoms with Crippen molar-refractivity contribution in [3.8, 4) is 0 Å². The lowest BCUT2D eigenvalue weighted by Gasteiger charge is -2.32. The topological polar surface area (TPSA) is 68.3 Å². The zero-order chi connectivity index (χ0) is 26.4. The highest BCUT2D eigenvalue weighted by molar-refractivity contribution is 6.00. The summed E-state index contributed by atoms with van der Waals surface area (Å²) in [6.07, 6.45) is 6.46. The molecule has 2 rings (SSSR count). The molecule has 1 aromatic carbocycles. The molecule has 4 heteroatoms. The van der Waals surface area contributed by atoms with Gasteiger partial charge in [-0.25, -0.2) is 0 Å². The Morgan fingerprint density at radius 3 is 1.94 bits per heavy atom. The third-order valence-corrected chi connectivity index (χ3v) is 6.14. The highest BCUT2D eigenvalue weighted by atomic mass is 16.1. The number of hydrogen-bond acceptors (Lipinski definition) is 4. The van der Waals surface area contributed by atoms with Crippen molar-refractivity contribution in [2.45, 2.75) is 114 Å². The fourth-order valence-corrected chi connectivity index (χ4v) is 4.89. The second-order valence-corrected chi connectivity index (χ2v) is 10.0. The first kappa shape index (κ1) is 31.9. The molecule has 0 saturated carbocycles. The molecule has 0 spiro atoms. The normalized spacial score (nSPS) is 16.1. The van der Waals surface area contributed by atoms with Crippen molar-refractivity contribution < 1.29 is 19.2 Å². The molecule has 0 radical (unpaired) electrons. The molecule has 34 heavy (non-hydrogen) atoms. The lowest BCUT2D eigenvalue weighted by molar-refractivity contribution is -0.130. The molecular formula is C30H48O4. The van der Waals surface area contributed by atoms with Crippen molar-refractivity contribution in [3.05, 3.63) is 34.4 Å². The van der Waals surface area contributed by atoms with Crippen molar-refractivity contribution in [2.75, 3.05) is 0 Å². The summed E-state index contributed by atoms with van der Waals surface area (Å²) in [7, 11) is 0. The van der Waals surface area contributed by atoms with Gasteiger partial charge in [-0.1, -0.05) is 59.1 Å². The summed E-state index contributed by atoms with van der Waals surface area (Å²) < 4.78 is 0. The Balaban J connectivity index is 0.00000137. The van der Waals surface area contributed by atoms with Crippen LogP contribution in [0.2, 0.25) is 0 Å². The molecule has 0 fully saturated rings. The van der Waals surface area contributed by atoms with Gasteiger partial charge in [0.15, 0.2) is 5.78 Å². The molecule has 0 amide bonds. The third kappa shape index (κ3) is 10.9. The van der Waals surface area contributed by atoms with Gasteiger partial charge in [0, 0.05) is 17.9 Å². The van der Waals surface area contributed by atoms with E-state index in [1.165, 1.54) is 38.3 Å². The predicted molar refractivity (Wildman–Crippen MR) is 141 cm³/mol. The smallest absolute Gasteiger partial charge is 0.163 e. The number of aryl methyl sites for hydroxylation is 2. The fraction of sp³-hybridized carbons (Fsp3) is 0.667. The van der Waals surface area contributed by atoms with Gasteiger partial charge in [0.25, 0.3) is 0 Å². The second-order valence-electron chi connectivity index (χ2n) is 10.0. The van der Waals surface area contributed by atoms with Crippen molar-refractivity contribution >= 4 is 23.1 Å². The second kappa shape index (κ2) is 16.5. The maximum absolute atomic E-state index is 12.8. The number of fused-ring (bicyclic) bond motifs is 1. The molecule has 0 heterocycles. The van der Waals surface area contributed by atoms with E-state index >= 15 is 0 Å². The Hall–Kier alpha value is -2.10. The van der Waals surface area contributed by atoms with Gasteiger partial charge in [-0.05, 0) is 82.4 Å². The van der Waals surface area contributed by atoms with Crippen LogP contribution in [0.3, 0.4) is 0 Å². The first-order valence-electron chi connectivity index (χ1n) is 13.0. The number of rotatable bonds is 9. The Morgan fingerprint density at radius 1 is 0.941 bits per heavy atom. The monoisotopic (exact) mass is 472 g/mol. The van der Waals surface area contributed by atoms with E-state index < -0.39 is 0 Å². The van der Waals surface area contributed by atoms with E-state index in [0.29, 0.717) is 12.3 Å². The van der Waals surface area contributed by atoms with E-state index in [4.69, 9.17) is 0 Å². The van der Waals surface area contributed by atoms with E-state index in [1.807, 2.05) is 19.9 Å². The zero-order valence-electron chi connectivity index (χ0n) is 23.2. The maximum Gasteiger partial charge on any atom is 0.163 e. The Morgan fingerprint density at radius 2 is 1.47 bits per heavy atom. The molecule has 4 nitrogen and oxygen atoms in total. The van der Waals surface area contributed by atoms with Gasteiger partial charge in [0.05, 0.1) is 6.42 Å². The summed E-state index contributed by atoms with van der Waals surface area (Å²) in [5.41, 5.74) is 4.40. The van der Waals surface area contributed by atoms with Crippen molar-refractivity contribution in [2.24, 2.45) is 17.8 Å². The van der Waals surface area contributed by atoms with Gasteiger partial charge in [0.2, 0.25) is 0 Å². The average molecular weight is 473 g/mol. The minimum atomic E-state index is -0.0658. The number of ketones is 4. The van der Waals surface area contributed by atoms with Crippen LogP contribution in [0.1, 0.15) is 120 Å². The highest BCUT2D eigenvalue weighted by Crippen LogP contribution is 2.37. The molecule has 3 atom stereocenters. The van der Waals surface area contributed by atoms with Crippen molar-refractivity contribution in [3.63, 3.8) is 0 Å². The Bertz CT molecular complexity index is 817. The molecule has 0 saturated heterocycles. The summed E-state index contributed by atoms with van der Waals surface area (Å²) >= 11 is 0. The van der Waals surface area contributed by atoms with E-state index in [-0.39, 0.29) is 41.4 Å². The highest BCUT2D eigenvalue weighted by Gasteiger charge is 2.33. The Labute approximate surface area is 208 Å². The van der Waals surface area contributed by atoms with E-state index in [1.54, 1.807) is 0 Å². The van der Waals surface area contributed by atoms with Gasteiger partial charge in [0.1, 0.15) is 17.3 Å². The van der Waals surface area contributed by atoms with Crippen molar-refractivity contribution in [1.82, 2.24) is 0 Å². The van der Waals surface area contributed by atoms with Gasteiger partial charge < -0.3 is 4.79 Å².